The molecular weight excluding hydrogens is 416 g/mol. The summed E-state index contributed by atoms with van der Waals surface area (Å²) in [5.74, 6) is 0.690. The molecule has 0 unspecified atom stereocenters. The largest absolute Gasteiger partial charge is 0.338 e. The van der Waals surface area contributed by atoms with Crippen LogP contribution in [0.4, 0.5) is 5.69 Å². The van der Waals surface area contributed by atoms with E-state index in [9.17, 15) is 13.2 Å². The second-order valence-corrected chi connectivity index (χ2v) is 9.78. The number of benzene rings is 2. The standard InChI is InChI=1S/C22H24N4O4S/c1-15-6-4-7-17(12-15)22-23-20(30-24-22)14-25(3)31(28,29)18-9-10-19(16(2)13-18)26-11-5-8-21(26)27/h4,6-7,9-10,12-13H,5,8,11,14H2,1-3H3. The molecule has 1 amide bonds. The number of carbonyl (C=O) groups excluding carboxylic acids is 1. The highest BCUT2D eigenvalue weighted by molar-refractivity contribution is 7.89. The zero-order valence-corrected chi connectivity index (χ0v) is 18.5. The molecule has 9 heteroatoms. The number of nitrogens with zero attached hydrogens (tertiary/aromatic N) is 4. The van der Waals surface area contributed by atoms with E-state index >= 15 is 0 Å². The molecule has 8 nitrogen and oxygen atoms in total. The van der Waals surface area contributed by atoms with Gasteiger partial charge in [0.1, 0.15) is 0 Å². The van der Waals surface area contributed by atoms with Crippen LogP contribution < -0.4 is 4.90 Å². The molecule has 1 aromatic heterocycles. The minimum Gasteiger partial charge on any atom is -0.338 e. The molecule has 0 bridgehead atoms. The van der Waals surface area contributed by atoms with E-state index in [1.165, 1.54) is 17.4 Å². The Labute approximate surface area is 181 Å². The summed E-state index contributed by atoms with van der Waals surface area (Å²) in [6.45, 7) is 4.39. The highest BCUT2D eigenvalue weighted by Gasteiger charge is 2.27. The topological polar surface area (TPSA) is 96.6 Å². The Hall–Kier alpha value is -3.04. The molecule has 1 fully saturated rings. The highest BCUT2D eigenvalue weighted by Crippen LogP contribution is 2.28. The molecular formula is C22H24N4O4S. The summed E-state index contributed by atoms with van der Waals surface area (Å²) in [5, 5.41) is 3.97. The third-order valence-electron chi connectivity index (χ3n) is 5.34. The van der Waals surface area contributed by atoms with Gasteiger partial charge in [-0.25, -0.2) is 8.42 Å². The molecule has 2 aromatic carbocycles. The van der Waals surface area contributed by atoms with Crippen LogP contribution in [0.2, 0.25) is 0 Å². The fourth-order valence-electron chi connectivity index (χ4n) is 3.67. The van der Waals surface area contributed by atoms with Crippen molar-refractivity contribution in [1.29, 1.82) is 0 Å². The van der Waals surface area contributed by atoms with Crippen molar-refractivity contribution in [3.8, 4) is 11.4 Å². The lowest BCUT2D eigenvalue weighted by molar-refractivity contribution is -0.117. The molecule has 0 atom stereocenters. The van der Waals surface area contributed by atoms with Gasteiger partial charge >= 0.3 is 0 Å². The van der Waals surface area contributed by atoms with Crippen molar-refractivity contribution in [1.82, 2.24) is 14.4 Å². The first-order valence-electron chi connectivity index (χ1n) is 10.0. The molecule has 0 aliphatic carbocycles. The van der Waals surface area contributed by atoms with E-state index < -0.39 is 10.0 Å². The Balaban J connectivity index is 1.52. The van der Waals surface area contributed by atoms with Crippen molar-refractivity contribution in [2.24, 2.45) is 0 Å². The second-order valence-electron chi connectivity index (χ2n) is 7.74. The van der Waals surface area contributed by atoms with Gasteiger partial charge in [0.05, 0.1) is 11.4 Å². The van der Waals surface area contributed by atoms with Crippen LogP contribution in [0.25, 0.3) is 11.4 Å². The maximum absolute atomic E-state index is 13.1. The third-order valence-corrected chi connectivity index (χ3v) is 7.14. The molecule has 4 rings (SSSR count). The third kappa shape index (κ3) is 4.24. The van der Waals surface area contributed by atoms with Crippen molar-refractivity contribution in [3.63, 3.8) is 0 Å². The van der Waals surface area contributed by atoms with Crippen molar-refractivity contribution in [2.75, 3.05) is 18.5 Å². The van der Waals surface area contributed by atoms with Crippen LogP contribution in [0, 0.1) is 13.8 Å². The minimum atomic E-state index is -3.77. The number of hydrogen-bond acceptors (Lipinski definition) is 6. The van der Waals surface area contributed by atoms with Crippen LogP contribution in [0.1, 0.15) is 29.9 Å². The molecule has 0 radical (unpaired) electrons. The van der Waals surface area contributed by atoms with Crippen molar-refractivity contribution in [2.45, 2.75) is 38.1 Å². The number of aromatic nitrogens is 2. The SMILES string of the molecule is Cc1cccc(-c2noc(CN(C)S(=O)(=O)c3ccc(N4CCCC4=O)c(C)c3)n2)c1. The number of carbonyl (C=O) groups is 1. The number of aryl methyl sites for hydroxylation is 2. The van der Waals surface area contributed by atoms with E-state index in [-0.39, 0.29) is 23.2 Å². The van der Waals surface area contributed by atoms with Gasteiger partial charge in [0, 0.05) is 31.3 Å². The number of sulfonamides is 1. The summed E-state index contributed by atoms with van der Waals surface area (Å²) in [6.07, 6.45) is 1.34. The molecule has 2 heterocycles. The van der Waals surface area contributed by atoms with Crippen LogP contribution >= 0.6 is 0 Å². The van der Waals surface area contributed by atoms with E-state index in [1.807, 2.05) is 38.1 Å². The van der Waals surface area contributed by atoms with Crippen LogP contribution in [0.5, 0.6) is 0 Å². The average molecular weight is 441 g/mol. The molecule has 0 N–H and O–H groups in total. The van der Waals surface area contributed by atoms with Crippen molar-refractivity contribution < 1.29 is 17.7 Å². The molecule has 1 saturated heterocycles. The smallest absolute Gasteiger partial charge is 0.243 e. The monoisotopic (exact) mass is 440 g/mol. The normalized spacial score (nSPS) is 14.6. The van der Waals surface area contributed by atoms with Crippen LogP contribution in [0.15, 0.2) is 51.9 Å². The first kappa shape index (κ1) is 21.2. The van der Waals surface area contributed by atoms with Gasteiger partial charge in [0.2, 0.25) is 27.6 Å². The second kappa shape index (κ2) is 8.24. The number of hydrogen-bond donors (Lipinski definition) is 0. The fourth-order valence-corrected chi connectivity index (χ4v) is 4.88. The summed E-state index contributed by atoms with van der Waals surface area (Å²) in [7, 11) is -2.30. The molecule has 31 heavy (non-hydrogen) atoms. The van der Waals surface area contributed by atoms with Crippen LogP contribution in [-0.2, 0) is 21.4 Å². The summed E-state index contributed by atoms with van der Waals surface area (Å²) >= 11 is 0. The van der Waals surface area contributed by atoms with Gasteiger partial charge in [0.15, 0.2) is 0 Å². The number of anilines is 1. The van der Waals surface area contributed by atoms with E-state index in [2.05, 4.69) is 10.1 Å². The number of rotatable bonds is 6. The number of amides is 1. The lowest BCUT2D eigenvalue weighted by Gasteiger charge is -2.20. The Kier molecular flexibility index (Phi) is 5.63. The minimum absolute atomic E-state index is 0.0490. The summed E-state index contributed by atoms with van der Waals surface area (Å²) in [4.78, 5) is 18.2. The van der Waals surface area contributed by atoms with Gasteiger partial charge < -0.3 is 9.42 Å². The highest BCUT2D eigenvalue weighted by atomic mass is 32.2. The van der Waals surface area contributed by atoms with Gasteiger partial charge in [-0.15, -0.1) is 0 Å². The first-order valence-corrected chi connectivity index (χ1v) is 11.5. The van der Waals surface area contributed by atoms with Gasteiger partial charge in [-0.1, -0.05) is 28.9 Å². The van der Waals surface area contributed by atoms with Crippen LogP contribution in [-0.4, -0.2) is 42.4 Å². The molecule has 3 aromatic rings. The van der Waals surface area contributed by atoms with Crippen molar-refractivity contribution in [3.05, 3.63) is 59.5 Å². The van der Waals surface area contributed by atoms with Gasteiger partial charge in [-0.2, -0.15) is 9.29 Å². The summed E-state index contributed by atoms with van der Waals surface area (Å²) in [5.41, 5.74) is 3.37. The molecule has 1 aliphatic rings. The first-order chi connectivity index (χ1) is 14.8. The maximum Gasteiger partial charge on any atom is 0.243 e. The van der Waals surface area contributed by atoms with Gasteiger partial charge in [-0.05, 0) is 50.1 Å². The zero-order valence-electron chi connectivity index (χ0n) is 17.7. The van der Waals surface area contributed by atoms with Crippen LogP contribution in [0.3, 0.4) is 0 Å². The lowest BCUT2D eigenvalue weighted by Crippen LogP contribution is -2.27. The predicted octanol–water partition coefficient (Wildman–Crippen LogP) is 3.30. The Morgan fingerprint density at radius 2 is 1.97 bits per heavy atom. The average Bonchev–Trinajstić information content (AvgIpc) is 3.37. The predicted molar refractivity (Wildman–Crippen MR) is 116 cm³/mol. The van der Waals surface area contributed by atoms with E-state index in [0.717, 1.165) is 28.8 Å². The van der Waals surface area contributed by atoms with Gasteiger partial charge in [-0.3, -0.25) is 4.79 Å². The Bertz CT molecular complexity index is 1240. The summed E-state index contributed by atoms with van der Waals surface area (Å²) < 4.78 is 32.6. The van der Waals surface area contributed by atoms with Crippen molar-refractivity contribution >= 4 is 21.6 Å². The molecule has 162 valence electrons. The molecule has 0 spiro atoms. The zero-order chi connectivity index (χ0) is 22.2. The lowest BCUT2D eigenvalue weighted by atomic mass is 10.1. The maximum atomic E-state index is 13.1. The van der Waals surface area contributed by atoms with E-state index in [4.69, 9.17) is 4.52 Å². The quantitative estimate of drug-likeness (QED) is 0.583. The summed E-state index contributed by atoms with van der Waals surface area (Å²) in [6, 6.07) is 12.5. The van der Waals surface area contributed by atoms with Gasteiger partial charge in [0.25, 0.3) is 0 Å². The molecule has 1 aliphatic heterocycles. The Morgan fingerprint density at radius 1 is 1.16 bits per heavy atom. The van der Waals surface area contributed by atoms with E-state index in [0.29, 0.717) is 18.8 Å². The molecule has 0 saturated carbocycles. The van der Waals surface area contributed by atoms with E-state index in [1.54, 1.807) is 17.0 Å². The fraction of sp³-hybridized carbons (Fsp3) is 0.318. The Morgan fingerprint density at radius 3 is 2.65 bits per heavy atom.